The molecule has 0 radical (unpaired) electrons. The second kappa shape index (κ2) is 14.2. The van der Waals surface area contributed by atoms with Crippen molar-refractivity contribution < 1.29 is 34.5 Å². The lowest BCUT2D eigenvalue weighted by atomic mass is 9.87. The standard InChI is InChI=1S/C29H45NO7/c1-2-3-7-19-11-12-20(16-19)25(32)14-13-22-23(27(34)18-26(22)33)17-21(31)8-4-5-10-28(35)30-15-6-9-24(30)29(36)37/h13-14,19-20,22-26,32-33H,2-12,15-18H2,1H3,(H,36,37)/b14-13+/t19-,20-,22+,23+,24-,25-,26+/m0/s1. The van der Waals surface area contributed by atoms with Crippen LogP contribution in [-0.2, 0) is 19.2 Å². The largest absolute Gasteiger partial charge is 0.480 e. The van der Waals surface area contributed by atoms with Crippen molar-refractivity contribution in [1.29, 1.82) is 0 Å². The lowest BCUT2D eigenvalue weighted by Crippen LogP contribution is -2.40. The molecule has 37 heavy (non-hydrogen) atoms. The number of hydrogen-bond donors (Lipinski definition) is 3. The Bertz CT molecular complexity index is 840. The zero-order valence-corrected chi connectivity index (χ0v) is 22.2. The number of rotatable bonds is 14. The highest BCUT2D eigenvalue weighted by atomic mass is 16.4. The van der Waals surface area contributed by atoms with Gasteiger partial charge in [0.15, 0.2) is 0 Å². The van der Waals surface area contributed by atoms with E-state index in [4.69, 9.17) is 0 Å². The summed E-state index contributed by atoms with van der Waals surface area (Å²) in [6, 6.07) is -0.742. The summed E-state index contributed by atoms with van der Waals surface area (Å²) < 4.78 is 0. The Hall–Kier alpha value is -2.06. The van der Waals surface area contributed by atoms with Crippen LogP contribution in [0.3, 0.4) is 0 Å². The van der Waals surface area contributed by atoms with Crippen molar-refractivity contribution in [1.82, 2.24) is 4.90 Å². The summed E-state index contributed by atoms with van der Waals surface area (Å²) in [6.07, 6.45) is 11.5. The number of amides is 1. The second-order valence-corrected chi connectivity index (χ2v) is 11.4. The molecule has 0 aromatic rings. The molecule has 1 amide bonds. The van der Waals surface area contributed by atoms with Gasteiger partial charge < -0.3 is 20.2 Å². The van der Waals surface area contributed by atoms with Gasteiger partial charge in [0.2, 0.25) is 5.91 Å². The topological polar surface area (TPSA) is 132 Å². The number of nitrogens with zero attached hydrogens (tertiary/aromatic N) is 1. The Kier molecular flexibility index (Phi) is 11.3. The fraction of sp³-hybridized carbons (Fsp3) is 0.793. The summed E-state index contributed by atoms with van der Waals surface area (Å²) in [7, 11) is 0. The van der Waals surface area contributed by atoms with Gasteiger partial charge in [-0.2, -0.15) is 0 Å². The summed E-state index contributed by atoms with van der Waals surface area (Å²) in [6.45, 7) is 2.65. The number of carbonyl (C=O) groups is 4. The van der Waals surface area contributed by atoms with Gasteiger partial charge in [0, 0.05) is 44.1 Å². The highest BCUT2D eigenvalue weighted by Crippen LogP contribution is 2.38. The Balaban J connectivity index is 1.42. The van der Waals surface area contributed by atoms with Crippen LogP contribution in [0.4, 0.5) is 0 Å². The van der Waals surface area contributed by atoms with Gasteiger partial charge in [0.05, 0.1) is 12.2 Å². The first-order chi connectivity index (χ1) is 17.7. The van der Waals surface area contributed by atoms with E-state index in [-0.39, 0.29) is 49.1 Å². The molecule has 0 bridgehead atoms. The van der Waals surface area contributed by atoms with Crippen LogP contribution in [-0.4, -0.2) is 68.5 Å². The van der Waals surface area contributed by atoms with E-state index in [1.807, 2.05) is 0 Å². The molecule has 2 saturated carbocycles. The number of carbonyl (C=O) groups excluding carboxylic acids is 3. The molecule has 0 unspecified atom stereocenters. The number of aliphatic hydroxyl groups is 2. The first-order valence-electron chi connectivity index (χ1n) is 14.3. The van der Waals surface area contributed by atoms with Crippen molar-refractivity contribution in [2.75, 3.05) is 6.54 Å². The maximum Gasteiger partial charge on any atom is 0.326 e. The molecule has 0 aromatic heterocycles. The number of aliphatic carboxylic acids is 1. The normalized spacial score (nSPS) is 30.9. The monoisotopic (exact) mass is 519 g/mol. The fourth-order valence-corrected chi connectivity index (χ4v) is 6.48. The molecule has 3 fully saturated rings. The van der Waals surface area contributed by atoms with E-state index in [9.17, 15) is 34.5 Å². The SMILES string of the molecule is CCCC[C@H]1CC[C@H]([C@@H](O)/C=C/[C@H]2[C@H](O)CC(=O)[C@@H]2CC(=O)CCCCC(=O)N2CCC[C@H]2C(=O)O)C1. The van der Waals surface area contributed by atoms with Crippen LogP contribution in [0.5, 0.6) is 0 Å². The summed E-state index contributed by atoms with van der Waals surface area (Å²) in [5.41, 5.74) is 0. The first-order valence-corrected chi connectivity index (χ1v) is 14.3. The number of ketones is 2. The number of Topliss-reactive ketones (excluding diaryl/α,β-unsaturated/α-hetero) is 2. The van der Waals surface area contributed by atoms with Crippen molar-refractivity contribution in [3.63, 3.8) is 0 Å². The predicted octanol–water partition coefficient (Wildman–Crippen LogP) is 3.67. The van der Waals surface area contributed by atoms with E-state index in [0.29, 0.717) is 38.1 Å². The summed E-state index contributed by atoms with van der Waals surface area (Å²) in [5.74, 6) is -1.51. The van der Waals surface area contributed by atoms with Gasteiger partial charge in [-0.1, -0.05) is 44.8 Å². The van der Waals surface area contributed by atoms with Crippen LogP contribution in [0, 0.1) is 23.7 Å². The smallest absolute Gasteiger partial charge is 0.326 e. The molecule has 3 N–H and O–H groups in total. The molecule has 208 valence electrons. The average Bonchev–Trinajstić information content (AvgIpc) is 3.59. The number of unbranched alkanes of at least 4 members (excludes halogenated alkanes) is 2. The van der Waals surface area contributed by atoms with Crippen molar-refractivity contribution in [3.05, 3.63) is 12.2 Å². The molecule has 1 saturated heterocycles. The van der Waals surface area contributed by atoms with Crippen LogP contribution >= 0.6 is 0 Å². The van der Waals surface area contributed by atoms with E-state index in [0.717, 1.165) is 19.3 Å². The summed E-state index contributed by atoms with van der Waals surface area (Å²) in [4.78, 5) is 50.2. The molecule has 3 aliphatic rings. The van der Waals surface area contributed by atoms with Gasteiger partial charge in [0.25, 0.3) is 0 Å². The van der Waals surface area contributed by atoms with Gasteiger partial charge in [0.1, 0.15) is 17.6 Å². The summed E-state index contributed by atoms with van der Waals surface area (Å²) >= 11 is 0. The van der Waals surface area contributed by atoms with E-state index in [1.165, 1.54) is 24.2 Å². The molecule has 2 aliphatic carbocycles. The Morgan fingerprint density at radius 2 is 1.86 bits per heavy atom. The quantitative estimate of drug-likeness (QED) is 0.236. The fourth-order valence-electron chi connectivity index (χ4n) is 6.48. The average molecular weight is 520 g/mol. The highest BCUT2D eigenvalue weighted by Gasteiger charge is 2.41. The lowest BCUT2D eigenvalue weighted by molar-refractivity contribution is -0.148. The third-order valence-corrected chi connectivity index (χ3v) is 8.70. The minimum absolute atomic E-state index is 0.0284. The van der Waals surface area contributed by atoms with E-state index in [1.54, 1.807) is 12.2 Å². The Labute approximate surface area is 220 Å². The molecular formula is C29H45NO7. The van der Waals surface area contributed by atoms with Crippen LogP contribution in [0.15, 0.2) is 12.2 Å². The minimum Gasteiger partial charge on any atom is -0.480 e. The molecule has 3 rings (SSSR count). The first kappa shape index (κ1) is 29.5. The highest BCUT2D eigenvalue weighted by molar-refractivity contribution is 5.90. The molecule has 7 atom stereocenters. The Morgan fingerprint density at radius 3 is 2.59 bits per heavy atom. The van der Waals surface area contributed by atoms with Gasteiger partial charge in [-0.25, -0.2) is 4.79 Å². The van der Waals surface area contributed by atoms with Crippen molar-refractivity contribution in [3.8, 4) is 0 Å². The Morgan fingerprint density at radius 1 is 1.11 bits per heavy atom. The van der Waals surface area contributed by atoms with Gasteiger partial charge in [-0.05, 0) is 50.4 Å². The number of carboxylic acids is 1. The van der Waals surface area contributed by atoms with Gasteiger partial charge >= 0.3 is 5.97 Å². The molecule has 0 spiro atoms. The molecule has 8 nitrogen and oxygen atoms in total. The van der Waals surface area contributed by atoms with Crippen molar-refractivity contribution in [2.45, 2.75) is 115 Å². The molecule has 0 aromatic carbocycles. The minimum atomic E-state index is -0.972. The zero-order valence-electron chi connectivity index (χ0n) is 22.2. The van der Waals surface area contributed by atoms with Gasteiger partial charge in [-0.15, -0.1) is 0 Å². The van der Waals surface area contributed by atoms with E-state index in [2.05, 4.69) is 6.92 Å². The molecule has 8 heteroatoms. The predicted molar refractivity (Wildman–Crippen MR) is 139 cm³/mol. The van der Waals surface area contributed by atoms with Crippen LogP contribution in [0.1, 0.15) is 96.8 Å². The van der Waals surface area contributed by atoms with Crippen molar-refractivity contribution >= 4 is 23.4 Å². The number of likely N-dealkylation sites (tertiary alicyclic amines) is 1. The van der Waals surface area contributed by atoms with E-state index < -0.39 is 36.1 Å². The number of hydrogen-bond acceptors (Lipinski definition) is 6. The molecular weight excluding hydrogens is 474 g/mol. The lowest BCUT2D eigenvalue weighted by Gasteiger charge is -2.21. The third kappa shape index (κ3) is 8.21. The van der Waals surface area contributed by atoms with Crippen LogP contribution in [0.25, 0.3) is 0 Å². The molecule has 1 aliphatic heterocycles. The van der Waals surface area contributed by atoms with Gasteiger partial charge in [-0.3, -0.25) is 14.4 Å². The maximum absolute atomic E-state index is 12.6. The second-order valence-electron chi connectivity index (χ2n) is 11.4. The van der Waals surface area contributed by atoms with Crippen LogP contribution in [0.2, 0.25) is 0 Å². The van der Waals surface area contributed by atoms with Crippen LogP contribution < -0.4 is 0 Å². The third-order valence-electron chi connectivity index (χ3n) is 8.70. The van der Waals surface area contributed by atoms with E-state index >= 15 is 0 Å². The maximum atomic E-state index is 12.6. The zero-order chi connectivity index (χ0) is 26.9. The number of aliphatic hydroxyl groups excluding tert-OH is 2. The number of carboxylic acid groups (broad SMARTS) is 1. The molecule has 1 heterocycles. The summed E-state index contributed by atoms with van der Waals surface area (Å²) in [5, 5.41) is 30.4. The van der Waals surface area contributed by atoms with Crippen molar-refractivity contribution in [2.24, 2.45) is 23.7 Å².